The molecule has 3 rings (SSSR count). The van der Waals surface area contributed by atoms with E-state index >= 15 is 0 Å². The van der Waals surface area contributed by atoms with Gasteiger partial charge in [-0.05, 0) is 36.2 Å². The zero-order valence-corrected chi connectivity index (χ0v) is 16.3. The highest BCUT2D eigenvalue weighted by atomic mass is 32.2. The minimum absolute atomic E-state index is 0.0191. The van der Waals surface area contributed by atoms with Crippen LogP contribution in [-0.2, 0) is 17.8 Å². The standard InChI is InChI=1S/C19H18F3N5OS/c1-2-13-3-5-15(6-4-13)24-16(28)11-29-18-26-25-17(14-7-9-23-10-8-14)27(18)12-19(20,21)22/h3-10H,2,11-12H2,1H3,(H,24,28). The fourth-order valence-electron chi connectivity index (χ4n) is 2.58. The summed E-state index contributed by atoms with van der Waals surface area (Å²) < 4.78 is 40.2. The molecule has 1 amide bonds. The van der Waals surface area contributed by atoms with Gasteiger partial charge in [0.05, 0.1) is 5.75 Å². The van der Waals surface area contributed by atoms with Crippen molar-refractivity contribution in [3.63, 3.8) is 0 Å². The molecule has 0 aliphatic rings. The van der Waals surface area contributed by atoms with Gasteiger partial charge in [-0.1, -0.05) is 30.8 Å². The van der Waals surface area contributed by atoms with Gasteiger partial charge in [-0.2, -0.15) is 13.2 Å². The first kappa shape index (κ1) is 20.8. The minimum atomic E-state index is -4.46. The Labute approximate surface area is 169 Å². The third-order valence-corrected chi connectivity index (χ3v) is 4.94. The van der Waals surface area contributed by atoms with Crippen molar-refractivity contribution < 1.29 is 18.0 Å². The topological polar surface area (TPSA) is 72.7 Å². The number of hydrogen-bond acceptors (Lipinski definition) is 5. The normalized spacial score (nSPS) is 11.4. The molecule has 0 radical (unpaired) electrons. The molecule has 0 saturated carbocycles. The number of nitrogens with zero attached hydrogens (tertiary/aromatic N) is 4. The third-order valence-electron chi connectivity index (χ3n) is 3.97. The monoisotopic (exact) mass is 421 g/mol. The molecule has 10 heteroatoms. The predicted octanol–water partition coefficient (Wildman–Crippen LogP) is 4.20. The predicted molar refractivity (Wildman–Crippen MR) is 104 cm³/mol. The van der Waals surface area contributed by atoms with Crippen LogP contribution in [0.2, 0.25) is 0 Å². The van der Waals surface area contributed by atoms with Crippen molar-refractivity contribution in [2.45, 2.75) is 31.2 Å². The van der Waals surface area contributed by atoms with E-state index in [0.717, 1.165) is 28.3 Å². The summed E-state index contributed by atoms with van der Waals surface area (Å²) in [5, 5.41) is 10.5. The number of hydrogen-bond donors (Lipinski definition) is 1. The second-order valence-corrected chi connectivity index (χ2v) is 7.07. The Balaban J connectivity index is 1.72. The second-order valence-electron chi connectivity index (χ2n) is 6.13. The van der Waals surface area contributed by atoms with Crippen molar-refractivity contribution in [2.75, 3.05) is 11.1 Å². The molecular weight excluding hydrogens is 403 g/mol. The Bertz CT molecular complexity index is 958. The van der Waals surface area contributed by atoms with Crippen LogP contribution in [0.5, 0.6) is 0 Å². The summed E-state index contributed by atoms with van der Waals surface area (Å²) in [5.74, 6) is -0.365. The molecule has 0 aliphatic carbocycles. The summed E-state index contributed by atoms with van der Waals surface area (Å²) in [6.45, 7) is 0.779. The molecular formula is C19H18F3N5OS. The average molecular weight is 421 g/mol. The summed E-state index contributed by atoms with van der Waals surface area (Å²) in [7, 11) is 0. The van der Waals surface area contributed by atoms with Gasteiger partial charge in [0.1, 0.15) is 6.54 Å². The number of amides is 1. The van der Waals surface area contributed by atoms with E-state index in [4.69, 9.17) is 0 Å². The molecule has 2 aromatic heterocycles. The number of nitrogens with one attached hydrogen (secondary N) is 1. The molecule has 1 aromatic carbocycles. The number of carbonyl (C=O) groups excluding carboxylic acids is 1. The van der Waals surface area contributed by atoms with E-state index in [1.165, 1.54) is 12.4 Å². The highest BCUT2D eigenvalue weighted by molar-refractivity contribution is 7.99. The molecule has 0 atom stereocenters. The molecule has 0 aliphatic heterocycles. The molecule has 0 spiro atoms. The van der Waals surface area contributed by atoms with Crippen molar-refractivity contribution in [2.24, 2.45) is 0 Å². The molecule has 0 saturated heterocycles. The lowest BCUT2D eigenvalue weighted by Gasteiger charge is -2.12. The lowest BCUT2D eigenvalue weighted by atomic mass is 10.1. The van der Waals surface area contributed by atoms with Crippen molar-refractivity contribution in [3.05, 3.63) is 54.4 Å². The van der Waals surface area contributed by atoms with Gasteiger partial charge in [0.15, 0.2) is 11.0 Å². The van der Waals surface area contributed by atoms with Gasteiger partial charge < -0.3 is 5.32 Å². The third kappa shape index (κ3) is 5.80. The van der Waals surface area contributed by atoms with Gasteiger partial charge in [0.2, 0.25) is 5.91 Å². The first-order valence-electron chi connectivity index (χ1n) is 8.77. The van der Waals surface area contributed by atoms with E-state index in [0.29, 0.717) is 11.3 Å². The zero-order chi connectivity index (χ0) is 20.9. The van der Waals surface area contributed by atoms with Crippen LogP contribution in [0.15, 0.2) is 53.9 Å². The van der Waals surface area contributed by atoms with Gasteiger partial charge in [-0.3, -0.25) is 14.3 Å². The summed E-state index contributed by atoms with van der Waals surface area (Å²) >= 11 is 0.900. The Kier molecular flexibility index (Phi) is 6.53. The van der Waals surface area contributed by atoms with Crippen molar-refractivity contribution in [3.8, 4) is 11.4 Å². The Morgan fingerprint density at radius 3 is 2.41 bits per heavy atom. The quantitative estimate of drug-likeness (QED) is 0.579. The van der Waals surface area contributed by atoms with Crippen LogP contribution in [0.4, 0.5) is 18.9 Å². The summed E-state index contributed by atoms with van der Waals surface area (Å²) in [4.78, 5) is 16.0. The number of aromatic nitrogens is 4. The van der Waals surface area contributed by atoms with Gasteiger partial charge in [0.25, 0.3) is 0 Å². The fraction of sp³-hybridized carbons (Fsp3) is 0.263. The summed E-state index contributed by atoms with van der Waals surface area (Å²) in [6.07, 6.45) is -0.639. The Morgan fingerprint density at radius 2 is 1.79 bits per heavy atom. The van der Waals surface area contributed by atoms with E-state index in [-0.39, 0.29) is 22.6 Å². The number of benzene rings is 1. The SMILES string of the molecule is CCc1ccc(NC(=O)CSc2nnc(-c3ccncc3)n2CC(F)(F)F)cc1. The van der Waals surface area contributed by atoms with Gasteiger partial charge >= 0.3 is 6.18 Å². The zero-order valence-electron chi connectivity index (χ0n) is 15.5. The molecule has 1 N–H and O–H groups in total. The average Bonchev–Trinajstić information content (AvgIpc) is 3.08. The number of pyridine rings is 1. The van der Waals surface area contributed by atoms with Crippen LogP contribution in [0.3, 0.4) is 0 Å². The molecule has 0 fully saturated rings. The highest BCUT2D eigenvalue weighted by Crippen LogP contribution is 2.28. The maximum absolute atomic E-state index is 13.1. The van der Waals surface area contributed by atoms with Crippen molar-refractivity contribution in [1.82, 2.24) is 19.7 Å². The number of anilines is 1. The molecule has 29 heavy (non-hydrogen) atoms. The molecule has 152 valence electrons. The first-order valence-corrected chi connectivity index (χ1v) is 9.76. The maximum atomic E-state index is 13.1. The van der Waals surface area contributed by atoms with Crippen LogP contribution in [-0.4, -0.2) is 37.6 Å². The maximum Gasteiger partial charge on any atom is 0.406 e. The molecule has 0 unspecified atom stereocenters. The van der Waals surface area contributed by atoms with E-state index in [1.807, 2.05) is 19.1 Å². The van der Waals surface area contributed by atoms with Crippen LogP contribution < -0.4 is 5.32 Å². The summed E-state index contributed by atoms with van der Waals surface area (Å²) in [6, 6.07) is 10.5. The molecule has 3 aromatic rings. The molecule has 0 bridgehead atoms. The van der Waals surface area contributed by atoms with E-state index in [9.17, 15) is 18.0 Å². The van der Waals surface area contributed by atoms with Crippen LogP contribution in [0.1, 0.15) is 12.5 Å². The van der Waals surface area contributed by atoms with Gasteiger partial charge in [-0.25, -0.2) is 0 Å². The number of halogens is 3. The largest absolute Gasteiger partial charge is 0.406 e. The number of rotatable bonds is 7. The van der Waals surface area contributed by atoms with Crippen molar-refractivity contribution in [1.29, 1.82) is 0 Å². The van der Waals surface area contributed by atoms with Crippen LogP contribution in [0, 0.1) is 0 Å². The molecule has 2 heterocycles. The summed E-state index contributed by atoms with van der Waals surface area (Å²) in [5.41, 5.74) is 2.23. The van der Waals surface area contributed by atoms with Crippen LogP contribution in [0.25, 0.3) is 11.4 Å². The number of carbonyl (C=O) groups is 1. The smallest absolute Gasteiger partial charge is 0.325 e. The minimum Gasteiger partial charge on any atom is -0.325 e. The van der Waals surface area contributed by atoms with Gasteiger partial charge in [0, 0.05) is 23.6 Å². The number of alkyl halides is 3. The fourth-order valence-corrected chi connectivity index (χ4v) is 3.32. The Morgan fingerprint density at radius 1 is 1.10 bits per heavy atom. The Hall–Kier alpha value is -2.88. The number of thioether (sulfide) groups is 1. The van der Waals surface area contributed by atoms with Crippen molar-refractivity contribution >= 4 is 23.4 Å². The number of aryl methyl sites for hydroxylation is 1. The van der Waals surface area contributed by atoms with E-state index < -0.39 is 12.7 Å². The first-order chi connectivity index (χ1) is 13.9. The van der Waals surface area contributed by atoms with E-state index in [1.54, 1.807) is 24.3 Å². The molecule has 6 nitrogen and oxygen atoms in total. The van der Waals surface area contributed by atoms with Crippen LogP contribution >= 0.6 is 11.8 Å². The second kappa shape index (κ2) is 9.08. The lowest BCUT2D eigenvalue weighted by Crippen LogP contribution is -2.20. The van der Waals surface area contributed by atoms with Gasteiger partial charge in [-0.15, -0.1) is 10.2 Å². The highest BCUT2D eigenvalue weighted by Gasteiger charge is 2.31. The lowest BCUT2D eigenvalue weighted by molar-refractivity contribution is -0.141. The van der Waals surface area contributed by atoms with E-state index in [2.05, 4.69) is 20.5 Å².